The number of hydrogen-bond acceptors (Lipinski definition) is 3. The minimum absolute atomic E-state index is 0.0415. The van der Waals surface area contributed by atoms with Gasteiger partial charge in [-0.15, -0.1) is 0 Å². The maximum Gasteiger partial charge on any atom is 0.159 e. The van der Waals surface area contributed by atoms with Crippen LogP contribution in [-0.2, 0) is 6.54 Å². The second-order valence-electron chi connectivity index (χ2n) is 5.25. The lowest BCUT2D eigenvalue weighted by atomic mass is 10.1. The maximum absolute atomic E-state index is 11.4. The average Bonchev–Trinajstić information content (AvgIpc) is 2.85. The van der Waals surface area contributed by atoms with Crippen LogP contribution in [0.2, 0.25) is 0 Å². The molecular formula is C15H21NO2. The molecule has 2 rings (SSSR count). The molecule has 3 heteroatoms. The molecule has 0 aliphatic heterocycles. The fraction of sp³-hybridized carbons (Fsp3) is 0.533. The summed E-state index contributed by atoms with van der Waals surface area (Å²) in [7, 11) is 2.09. The Hall–Kier alpha value is -1.35. The first-order valence-electron chi connectivity index (χ1n) is 6.61. The van der Waals surface area contributed by atoms with Crippen molar-refractivity contribution in [3.8, 4) is 5.75 Å². The predicted octanol–water partition coefficient (Wildman–Crippen LogP) is 2.97. The van der Waals surface area contributed by atoms with E-state index in [0.717, 1.165) is 5.56 Å². The molecule has 1 aromatic rings. The molecule has 98 valence electrons. The highest BCUT2D eigenvalue weighted by Crippen LogP contribution is 2.26. The number of aromatic hydroxyl groups is 1. The maximum atomic E-state index is 11.4. The molecule has 0 bridgehead atoms. The van der Waals surface area contributed by atoms with Crippen LogP contribution in [0.4, 0.5) is 0 Å². The molecule has 0 atom stereocenters. The zero-order chi connectivity index (χ0) is 13.1. The Morgan fingerprint density at radius 2 is 2.06 bits per heavy atom. The van der Waals surface area contributed by atoms with E-state index in [2.05, 4.69) is 11.9 Å². The summed E-state index contributed by atoms with van der Waals surface area (Å²) in [5.74, 6) is 0.324. The molecule has 1 N–H and O–H groups in total. The monoisotopic (exact) mass is 247 g/mol. The van der Waals surface area contributed by atoms with Crippen LogP contribution in [0.3, 0.4) is 0 Å². The Morgan fingerprint density at radius 3 is 2.67 bits per heavy atom. The van der Waals surface area contributed by atoms with E-state index in [-0.39, 0.29) is 11.5 Å². The van der Waals surface area contributed by atoms with Gasteiger partial charge >= 0.3 is 0 Å². The Labute approximate surface area is 108 Å². The Morgan fingerprint density at radius 1 is 1.39 bits per heavy atom. The number of carbonyl (C=O) groups is 1. The van der Waals surface area contributed by atoms with Crippen LogP contribution in [0, 0.1) is 0 Å². The third-order valence-electron chi connectivity index (χ3n) is 3.85. The molecule has 3 nitrogen and oxygen atoms in total. The molecule has 0 radical (unpaired) electrons. The number of phenolic OH excluding ortho intramolecular Hbond substituents is 1. The van der Waals surface area contributed by atoms with E-state index in [1.165, 1.54) is 25.7 Å². The van der Waals surface area contributed by atoms with Crippen LogP contribution in [-0.4, -0.2) is 28.9 Å². The lowest BCUT2D eigenvalue weighted by molar-refractivity contribution is 0.101. The Balaban J connectivity index is 2.12. The molecule has 18 heavy (non-hydrogen) atoms. The van der Waals surface area contributed by atoms with Gasteiger partial charge in [-0.05, 0) is 45.0 Å². The highest BCUT2D eigenvalue weighted by molar-refractivity contribution is 5.94. The smallest absolute Gasteiger partial charge is 0.159 e. The number of phenols is 1. The quantitative estimate of drug-likeness (QED) is 0.832. The Bertz CT molecular complexity index is 436. The fourth-order valence-corrected chi connectivity index (χ4v) is 2.67. The molecular weight excluding hydrogens is 226 g/mol. The molecule has 0 unspecified atom stereocenters. The molecule has 0 spiro atoms. The van der Waals surface area contributed by atoms with E-state index in [1.54, 1.807) is 19.1 Å². The van der Waals surface area contributed by atoms with Crippen LogP contribution < -0.4 is 0 Å². The van der Waals surface area contributed by atoms with Gasteiger partial charge in [-0.3, -0.25) is 9.69 Å². The van der Waals surface area contributed by atoms with Gasteiger partial charge in [0.15, 0.2) is 5.78 Å². The van der Waals surface area contributed by atoms with Crippen molar-refractivity contribution in [1.29, 1.82) is 0 Å². The molecule has 1 saturated carbocycles. The predicted molar refractivity (Wildman–Crippen MR) is 71.8 cm³/mol. The highest BCUT2D eigenvalue weighted by Gasteiger charge is 2.20. The minimum Gasteiger partial charge on any atom is -0.508 e. The van der Waals surface area contributed by atoms with Crippen LogP contribution in [0.15, 0.2) is 18.2 Å². The van der Waals surface area contributed by atoms with Crippen molar-refractivity contribution >= 4 is 5.78 Å². The SMILES string of the molecule is CC(=O)c1ccc(O)c(CN(C)C2CCCC2)c1. The molecule has 1 aromatic carbocycles. The van der Waals surface area contributed by atoms with Crippen molar-refractivity contribution in [3.63, 3.8) is 0 Å². The number of nitrogens with zero attached hydrogens (tertiary/aromatic N) is 1. The van der Waals surface area contributed by atoms with Gasteiger partial charge in [0, 0.05) is 23.7 Å². The summed E-state index contributed by atoms with van der Waals surface area (Å²) in [6.07, 6.45) is 5.08. The number of ketones is 1. The van der Waals surface area contributed by atoms with E-state index < -0.39 is 0 Å². The number of carbonyl (C=O) groups excluding carboxylic acids is 1. The first-order valence-corrected chi connectivity index (χ1v) is 6.61. The lowest BCUT2D eigenvalue weighted by Crippen LogP contribution is -2.28. The fourth-order valence-electron chi connectivity index (χ4n) is 2.67. The highest BCUT2D eigenvalue weighted by atomic mass is 16.3. The molecule has 0 aromatic heterocycles. The topological polar surface area (TPSA) is 40.5 Å². The van der Waals surface area contributed by atoms with E-state index in [0.29, 0.717) is 18.2 Å². The summed E-state index contributed by atoms with van der Waals surface area (Å²) in [5, 5.41) is 9.87. The Kier molecular flexibility index (Phi) is 4.02. The zero-order valence-corrected chi connectivity index (χ0v) is 11.1. The summed E-state index contributed by atoms with van der Waals surface area (Å²) < 4.78 is 0. The average molecular weight is 247 g/mol. The van der Waals surface area contributed by atoms with Crippen LogP contribution in [0.25, 0.3) is 0 Å². The third-order valence-corrected chi connectivity index (χ3v) is 3.85. The van der Waals surface area contributed by atoms with Crippen LogP contribution >= 0.6 is 0 Å². The van der Waals surface area contributed by atoms with Crippen molar-refractivity contribution in [2.24, 2.45) is 0 Å². The van der Waals surface area contributed by atoms with Gasteiger partial charge in [-0.2, -0.15) is 0 Å². The second-order valence-corrected chi connectivity index (χ2v) is 5.25. The first-order chi connectivity index (χ1) is 8.58. The van der Waals surface area contributed by atoms with E-state index in [1.807, 2.05) is 6.07 Å². The number of hydrogen-bond donors (Lipinski definition) is 1. The minimum atomic E-state index is 0.0415. The normalized spacial score (nSPS) is 16.4. The molecule has 1 aliphatic carbocycles. The van der Waals surface area contributed by atoms with Gasteiger partial charge in [0.05, 0.1) is 0 Å². The standard InChI is InChI=1S/C15H21NO2/c1-11(17)12-7-8-15(18)13(9-12)10-16(2)14-5-3-4-6-14/h7-9,14,18H,3-6,10H2,1-2H3. The van der Waals surface area contributed by atoms with E-state index in [9.17, 15) is 9.90 Å². The summed E-state index contributed by atoms with van der Waals surface area (Å²) in [6, 6.07) is 5.72. The largest absolute Gasteiger partial charge is 0.508 e. The molecule has 1 aliphatic rings. The van der Waals surface area contributed by atoms with Crippen molar-refractivity contribution in [3.05, 3.63) is 29.3 Å². The van der Waals surface area contributed by atoms with Crippen LogP contribution in [0.5, 0.6) is 5.75 Å². The van der Waals surface area contributed by atoms with E-state index in [4.69, 9.17) is 0 Å². The van der Waals surface area contributed by atoms with Crippen LogP contribution in [0.1, 0.15) is 48.5 Å². The lowest BCUT2D eigenvalue weighted by Gasteiger charge is -2.24. The van der Waals surface area contributed by atoms with Crippen molar-refractivity contribution in [2.45, 2.75) is 45.2 Å². The third kappa shape index (κ3) is 2.91. The van der Waals surface area contributed by atoms with Gasteiger partial charge in [0.1, 0.15) is 5.75 Å². The summed E-state index contributed by atoms with van der Waals surface area (Å²) in [6.45, 7) is 2.26. The number of benzene rings is 1. The van der Waals surface area contributed by atoms with E-state index >= 15 is 0 Å². The molecule has 0 heterocycles. The van der Waals surface area contributed by atoms with Crippen molar-refractivity contribution in [1.82, 2.24) is 4.90 Å². The molecule has 0 amide bonds. The summed E-state index contributed by atoms with van der Waals surface area (Å²) in [4.78, 5) is 13.6. The summed E-state index contributed by atoms with van der Waals surface area (Å²) >= 11 is 0. The van der Waals surface area contributed by atoms with Gasteiger partial charge in [0.2, 0.25) is 0 Å². The van der Waals surface area contributed by atoms with Gasteiger partial charge < -0.3 is 5.11 Å². The molecule has 1 fully saturated rings. The number of rotatable bonds is 4. The van der Waals surface area contributed by atoms with Crippen molar-refractivity contribution in [2.75, 3.05) is 7.05 Å². The van der Waals surface area contributed by atoms with Crippen molar-refractivity contribution < 1.29 is 9.90 Å². The van der Waals surface area contributed by atoms with Gasteiger partial charge in [-0.1, -0.05) is 12.8 Å². The van der Waals surface area contributed by atoms with Gasteiger partial charge in [0.25, 0.3) is 0 Å². The molecule has 0 saturated heterocycles. The zero-order valence-electron chi connectivity index (χ0n) is 11.1. The first kappa shape index (κ1) is 13.1. The number of Topliss-reactive ketones (excluding diaryl/α,β-unsaturated/α-hetero) is 1. The second kappa shape index (κ2) is 5.53. The van der Waals surface area contributed by atoms with Gasteiger partial charge in [-0.25, -0.2) is 0 Å². The summed E-state index contributed by atoms with van der Waals surface area (Å²) in [5.41, 5.74) is 1.51.